The van der Waals surface area contributed by atoms with Crippen LogP contribution in [0.4, 0.5) is 0 Å². The van der Waals surface area contributed by atoms with E-state index < -0.39 is 0 Å². The second kappa shape index (κ2) is 5.69. The quantitative estimate of drug-likeness (QED) is 0.837. The van der Waals surface area contributed by atoms with Gasteiger partial charge < -0.3 is 14.2 Å². The number of ether oxygens (including phenoxy) is 1. The number of carbonyl (C=O) groups excluding carboxylic acids is 1. The van der Waals surface area contributed by atoms with Crippen LogP contribution in [0.5, 0.6) is 0 Å². The number of amides is 1. The first kappa shape index (κ1) is 14.3. The highest BCUT2D eigenvalue weighted by atomic mass is 16.5. The predicted octanol–water partition coefficient (Wildman–Crippen LogP) is 0.925. The molecule has 2 aromatic rings. The number of hydrogen-bond donors (Lipinski definition) is 0. The van der Waals surface area contributed by atoms with Gasteiger partial charge in [-0.3, -0.25) is 9.78 Å². The van der Waals surface area contributed by atoms with Crippen molar-refractivity contribution in [2.45, 2.75) is 31.9 Å². The van der Waals surface area contributed by atoms with Gasteiger partial charge in [-0.1, -0.05) is 0 Å². The van der Waals surface area contributed by atoms with Crippen LogP contribution in [0, 0.1) is 6.92 Å². The van der Waals surface area contributed by atoms with Gasteiger partial charge in [-0.15, -0.1) is 10.2 Å². The molecule has 1 unspecified atom stereocenters. The number of aryl methyl sites for hydroxylation is 1. The van der Waals surface area contributed by atoms with E-state index in [-0.39, 0.29) is 18.1 Å². The van der Waals surface area contributed by atoms with E-state index in [9.17, 15) is 4.79 Å². The Bertz CT molecular complexity index is 701. The van der Waals surface area contributed by atoms with Crippen molar-refractivity contribution in [3.05, 3.63) is 35.9 Å². The monoisotopic (exact) mass is 314 g/mol. The van der Waals surface area contributed by atoms with Crippen molar-refractivity contribution < 1.29 is 9.53 Å². The first-order valence-electron chi connectivity index (χ1n) is 7.81. The van der Waals surface area contributed by atoms with E-state index in [4.69, 9.17) is 4.74 Å². The first-order chi connectivity index (χ1) is 11.2. The van der Waals surface area contributed by atoms with Gasteiger partial charge in [-0.25, -0.2) is 4.98 Å². The number of nitrogens with zero attached hydrogens (tertiary/aromatic N) is 6. The van der Waals surface area contributed by atoms with Crippen LogP contribution in [0.1, 0.15) is 47.0 Å². The third kappa shape index (κ3) is 2.59. The average Bonchev–Trinajstić information content (AvgIpc) is 3.17. The second-order valence-corrected chi connectivity index (χ2v) is 6.01. The van der Waals surface area contributed by atoms with Crippen molar-refractivity contribution in [1.82, 2.24) is 29.6 Å². The van der Waals surface area contributed by atoms with Crippen LogP contribution in [-0.4, -0.2) is 55.2 Å². The number of aromatic nitrogens is 5. The summed E-state index contributed by atoms with van der Waals surface area (Å²) in [7, 11) is 0. The topological polar surface area (TPSA) is 86.0 Å². The molecule has 0 radical (unpaired) electrons. The molecule has 0 bridgehead atoms. The van der Waals surface area contributed by atoms with Gasteiger partial charge in [0.1, 0.15) is 18.1 Å². The molecule has 4 rings (SSSR count). The molecule has 1 atom stereocenters. The second-order valence-electron chi connectivity index (χ2n) is 6.01. The van der Waals surface area contributed by atoms with E-state index in [0.29, 0.717) is 18.8 Å². The van der Waals surface area contributed by atoms with Gasteiger partial charge in [0, 0.05) is 25.9 Å². The molecular weight excluding hydrogens is 296 g/mol. The lowest BCUT2D eigenvalue weighted by molar-refractivity contribution is 0.0478. The maximum Gasteiger partial charge on any atom is 0.274 e. The Morgan fingerprint density at radius 3 is 2.87 bits per heavy atom. The van der Waals surface area contributed by atoms with Gasteiger partial charge in [-0.05, 0) is 19.8 Å². The number of rotatable bonds is 3. The van der Waals surface area contributed by atoms with Crippen molar-refractivity contribution in [2.24, 2.45) is 0 Å². The van der Waals surface area contributed by atoms with Crippen LogP contribution in [0.3, 0.4) is 0 Å². The molecule has 2 saturated heterocycles. The van der Waals surface area contributed by atoms with Crippen LogP contribution >= 0.6 is 0 Å². The molecule has 0 spiro atoms. The van der Waals surface area contributed by atoms with Crippen LogP contribution < -0.4 is 0 Å². The first-order valence-corrected chi connectivity index (χ1v) is 7.81. The van der Waals surface area contributed by atoms with E-state index >= 15 is 0 Å². The summed E-state index contributed by atoms with van der Waals surface area (Å²) in [4.78, 5) is 22.4. The van der Waals surface area contributed by atoms with Gasteiger partial charge in [0.15, 0.2) is 5.82 Å². The third-order valence-electron chi connectivity index (χ3n) is 4.36. The zero-order valence-corrected chi connectivity index (χ0v) is 12.9. The van der Waals surface area contributed by atoms with E-state index in [1.165, 1.54) is 6.20 Å². The molecule has 23 heavy (non-hydrogen) atoms. The zero-order valence-electron chi connectivity index (χ0n) is 12.9. The minimum Gasteiger partial charge on any atom is -0.370 e. The largest absolute Gasteiger partial charge is 0.370 e. The Kier molecular flexibility index (Phi) is 3.53. The summed E-state index contributed by atoms with van der Waals surface area (Å²) in [5.41, 5.74) is 1.19. The zero-order chi connectivity index (χ0) is 15.8. The lowest BCUT2D eigenvalue weighted by Crippen LogP contribution is -2.51. The number of hydrogen-bond acceptors (Lipinski definition) is 6. The molecule has 2 fully saturated rings. The standard InChI is InChI=1S/C15H18N6O2/c1-10-5-17-12(6-16-10)15(22)20-7-11(8-20)21-9-18-19-14(21)13-3-2-4-23-13/h5-6,9,11,13H,2-4,7-8H2,1H3. The van der Waals surface area contributed by atoms with E-state index in [1.807, 2.05) is 11.5 Å². The Morgan fingerprint density at radius 2 is 2.17 bits per heavy atom. The van der Waals surface area contributed by atoms with Crippen LogP contribution in [-0.2, 0) is 4.74 Å². The summed E-state index contributed by atoms with van der Waals surface area (Å²) in [5.74, 6) is 0.787. The highest BCUT2D eigenvalue weighted by Crippen LogP contribution is 2.31. The Morgan fingerprint density at radius 1 is 1.30 bits per heavy atom. The highest BCUT2D eigenvalue weighted by Gasteiger charge is 2.36. The molecule has 8 nitrogen and oxygen atoms in total. The average molecular weight is 314 g/mol. The molecule has 120 valence electrons. The maximum atomic E-state index is 12.4. The highest BCUT2D eigenvalue weighted by molar-refractivity contribution is 5.92. The molecule has 2 aromatic heterocycles. The van der Waals surface area contributed by atoms with Gasteiger partial charge >= 0.3 is 0 Å². The van der Waals surface area contributed by atoms with Crippen LogP contribution in [0.15, 0.2) is 18.7 Å². The molecular formula is C15H18N6O2. The molecule has 2 aliphatic heterocycles. The molecule has 2 aliphatic rings. The van der Waals surface area contributed by atoms with E-state index in [0.717, 1.165) is 31.0 Å². The van der Waals surface area contributed by atoms with Gasteiger partial charge in [-0.2, -0.15) is 0 Å². The maximum absolute atomic E-state index is 12.4. The van der Waals surface area contributed by atoms with E-state index in [2.05, 4.69) is 20.2 Å². The molecule has 1 amide bonds. The van der Waals surface area contributed by atoms with Crippen molar-refractivity contribution in [3.63, 3.8) is 0 Å². The summed E-state index contributed by atoms with van der Waals surface area (Å²) >= 11 is 0. The van der Waals surface area contributed by atoms with Crippen molar-refractivity contribution in [1.29, 1.82) is 0 Å². The summed E-state index contributed by atoms with van der Waals surface area (Å²) < 4.78 is 7.73. The molecule has 0 saturated carbocycles. The number of likely N-dealkylation sites (tertiary alicyclic amines) is 1. The normalized spacial score (nSPS) is 21.4. The molecule has 4 heterocycles. The van der Waals surface area contributed by atoms with Gasteiger partial charge in [0.25, 0.3) is 5.91 Å². The molecule has 8 heteroatoms. The predicted molar refractivity (Wildman–Crippen MR) is 79.7 cm³/mol. The van der Waals surface area contributed by atoms with Gasteiger partial charge in [0.05, 0.1) is 17.9 Å². The fourth-order valence-corrected chi connectivity index (χ4v) is 3.01. The van der Waals surface area contributed by atoms with Crippen molar-refractivity contribution in [3.8, 4) is 0 Å². The Labute approximate surface area is 133 Å². The van der Waals surface area contributed by atoms with Crippen molar-refractivity contribution >= 4 is 5.91 Å². The minimum atomic E-state index is -0.0829. The summed E-state index contributed by atoms with van der Waals surface area (Å²) in [6.07, 6.45) is 6.94. The van der Waals surface area contributed by atoms with E-state index in [1.54, 1.807) is 17.4 Å². The number of carbonyl (C=O) groups is 1. The van der Waals surface area contributed by atoms with Gasteiger partial charge in [0.2, 0.25) is 0 Å². The van der Waals surface area contributed by atoms with Crippen LogP contribution in [0.2, 0.25) is 0 Å². The summed E-state index contributed by atoms with van der Waals surface area (Å²) in [5, 5.41) is 8.22. The molecule has 0 aromatic carbocycles. The smallest absolute Gasteiger partial charge is 0.274 e. The summed E-state index contributed by atoms with van der Waals surface area (Å²) in [6, 6.07) is 0.201. The fourth-order valence-electron chi connectivity index (χ4n) is 3.01. The fraction of sp³-hybridized carbons (Fsp3) is 0.533. The van der Waals surface area contributed by atoms with Crippen LogP contribution in [0.25, 0.3) is 0 Å². The lowest BCUT2D eigenvalue weighted by atomic mass is 10.1. The molecule has 0 aliphatic carbocycles. The summed E-state index contributed by atoms with van der Waals surface area (Å²) in [6.45, 7) is 3.89. The lowest BCUT2D eigenvalue weighted by Gasteiger charge is -2.40. The molecule has 0 N–H and O–H groups in total. The SMILES string of the molecule is Cc1cnc(C(=O)N2CC(n3cnnc3C3CCCO3)C2)cn1. The van der Waals surface area contributed by atoms with Crippen molar-refractivity contribution in [2.75, 3.05) is 19.7 Å². The Balaban J connectivity index is 1.42. The third-order valence-corrected chi connectivity index (χ3v) is 4.36. The minimum absolute atomic E-state index is 0.0326. The Hall–Kier alpha value is -2.35.